The molecular formula is C10H20S2Se3. The van der Waals surface area contributed by atoms with Gasteiger partial charge in [-0.3, -0.25) is 0 Å². The van der Waals surface area contributed by atoms with Crippen molar-refractivity contribution in [3.63, 3.8) is 0 Å². The maximum atomic E-state index is 4.29. The van der Waals surface area contributed by atoms with Gasteiger partial charge in [-0.05, 0) is 0 Å². The van der Waals surface area contributed by atoms with E-state index in [2.05, 4.69) is 25.3 Å². The van der Waals surface area contributed by atoms with Crippen LogP contribution < -0.4 is 0 Å². The average molecular weight is 441 g/mol. The van der Waals surface area contributed by atoms with E-state index >= 15 is 0 Å². The monoisotopic (exact) mass is 444 g/mol. The third-order valence-corrected chi connectivity index (χ3v) is 14.3. The molecule has 0 amide bonds. The van der Waals surface area contributed by atoms with Gasteiger partial charge in [-0.25, -0.2) is 0 Å². The normalized spacial score (nSPS) is 26.0. The summed E-state index contributed by atoms with van der Waals surface area (Å²) in [5.41, 5.74) is 0. The molecule has 15 heavy (non-hydrogen) atoms. The van der Waals surface area contributed by atoms with Crippen molar-refractivity contribution in [3.8, 4) is 0 Å². The zero-order valence-electron chi connectivity index (χ0n) is 8.93. The predicted molar refractivity (Wildman–Crippen MR) is 80.9 cm³/mol. The van der Waals surface area contributed by atoms with Crippen molar-refractivity contribution in [1.29, 1.82) is 0 Å². The molecule has 0 nitrogen and oxygen atoms in total. The van der Waals surface area contributed by atoms with Gasteiger partial charge in [0.15, 0.2) is 0 Å². The third kappa shape index (κ3) is 7.31. The van der Waals surface area contributed by atoms with Crippen LogP contribution in [0.4, 0.5) is 0 Å². The summed E-state index contributed by atoms with van der Waals surface area (Å²) in [5.74, 6) is 2.21. The van der Waals surface area contributed by atoms with E-state index in [4.69, 9.17) is 0 Å². The molecule has 1 rings (SSSR count). The molecule has 0 aliphatic carbocycles. The first-order valence-electron chi connectivity index (χ1n) is 5.39. The molecule has 90 valence electrons. The van der Waals surface area contributed by atoms with E-state index in [1.165, 1.54) is 10.6 Å². The second-order valence-corrected chi connectivity index (χ2v) is 12.6. The second-order valence-electron chi connectivity index (χ2n) is 3.55. The molecule has 0 saturated carbocycles. The Morgan fingerprint density at radius 2 is 1.40 bits per heavy atom. The fourth-order valence-electron chi connectivity index (χ4n) is 1.58. The van der Waals surface area contributed by atoms with Gasteiger partial charge in [0.25, 0.3) is 0 Å². The summed E-state index contributed by atoms with van der Waals surface area (Å²) >= 11 is 11.4. The van der Waals surface area contributed by atoms with Crippen LogP contribution in [-0.4, -0.2) is 56.4 Å². The van der Waals surface area contributed by atoms with Gasteiger partial charge in [0.2, 0.25) is 0 Å². The van der Waals surface area contributed by atoms with Gasteiger partial charge in [-0.2, -0.15) is 0 Å². The Kier molecular flexibility index (Phi) is 10.4. The van der Waals surface area contributed by atoms with E-state index in [9.17, 15) is 0 Å². The maximum absolute atomic E-state index is 4.29. The molecule has 1 aliphatic heterocycles. The topological polar surface area (TPSA) is 0 Å². The van der Waals surface area contributed by atoms with Crippen LogP contribution in [0.2, 0.25) is 30.9 Å². The van der Waals surface area contributed by atoms with Gasteiger partial charge >= 0.3 is 125 Å². The van der Waals surface area contributed by atoms with Gasteiger partial charge in [-0.1, -0.05) is 0 Å². The van der Waals surface area contributed by atoms with Crippen LogP contribution in [0.3, 0.4) is 0 Å². The van der Waals surface area contributed by atoms with Crippen LogP contribution in [0.5, 0.6) is 0 Å². The van der Waals surface area contributed by atoms with Crippen molar-refractivity contribution in [2.45, 2.75) is 43.8 Å². The molecule has 1 fully saturated rings. The molecule has 0 radical (unpaired) electrons. The third-order valence-electron chi connectivity index (χ3n) is 2.27. The van der Waals surface area contributed by atoms with Crippen molar-refractivity contribution in [2.24, 2.45) is 0 Å². The fraction of sp³-hybridized carbons (Fsp3) is 1.00. The Bertz CT molecular complexity index is 142. The van der Waals surface area contributed by atoms with Gasteiger partial charge in [-0.15, -0.1) is 0 Å². The molecule has 0 aromatic heterocycles. The molecule has 0 bridgehead atoms. The molecule has 1 heterocycles. The molecule has 2 unspecified atom stereocenters. The number of thiol groups is 2. The zero-order chi connectivity index (χ0) is 10.9. The Hall–Kier alpha value is 2.26. The van der Waals surface area contributed by atoms with Crippen LogP contribution in [-0.2, 0) is 0 Å². The first-order chi connectivity index (χ1) is 7.36. The Labute approximate surface area is 124 Å². The van der Waals surface area contributed by atoms with Crippen LogP contribution >= 0.6 is 25.3 Å². The minimum atomic E-state index is 0.902. The molecule has 1 aliphatic rings. The molecule has 0 aromatic rings. The van der Waals surface area contributed by atoms with Crippen molar-refractivity contribution < 1.29 is 0 Å². The SMILES string of the molecule is SCC[Se]CC1CCC(C[Se]CCS)[Se]1. The Balaban J connectivity index is 1.99. The van der Waals surface area contributed by atoms with E-state index in [0.717, 1.165) is 66.0 Å². The summed E-state index contributed by atoms with van der Waals surface area (Å²) in [5, 5.41) is 5.89. The van der Waals surface area contributed by atoms with E-state index < -0.39 is 0 Å². The summed E-state index contributed by atoms with van der Waals surface area (Å²) in [6.07, 6.45) is 3.10. The van der Waals surface area contributed by atoms with Crippen molar-refractivity contribution in [1.82, 2.24) is 0 Å². The van der Waals surface area contributed by atoms with Gasteiger partial charge < -0.3 is 0 Å². The van der Waals surface area contributed by atoms with Gasteiger partial charge in [0.05, 0.1) is 0 Å². The summed E-state index contributed by atoms with van der Waals surface area (Å²) in [6, 6.07) is 0. The second kappa shape index (κ2) is 10.2. The Morgan fingerprint density at radius 1 is 0.933 bits per heavy atom. The number of hydrogen-bond donors (Lipinski definition) is 2. The van der Waals surface area contributed by atoms with Crippen LogP contribution in [0, 0.1) is 0 Å². The van der Waals surface area contributed by atoms with Crippen LogP contribution in [0.25, 0.3) is 0 Å². The molecule has 0 spiro atoms. The number of hydrogen-bond acceptors (Lipinski definition) is 2. The molecule has 5 heteroatoms. The summed E-state index contributed by atoms with van der Waals surface area (Å²) in [6.45, 7) is 0. The predicted octanol–water partition coefficient (Wildman–Crippen LogP) is 3.00. The van der Waals surface area contributed by atoms with Crippen molar-refractivity contribution in [3.05, 3.63) is 0 Å². The first-order valence-corrected chi connectivity index (χ1v) is 13.5. The molecule has 2 atom stereocenters. The Morgan fingerprint density at radius 3 is 1.80 bits per heavy atom. The molecule has 0 N–H and O–H groups in total. The standard InChI is InChI=1S/C10H20S2Se3/c11-3-5-13-7-9-1-2-10(15-9)8-14-6-4-12/h9-12H,1-8H2. The zero-order valence-corrected chi connectivity index (χ0v) is 15.9. The van der Waals surface area contributed by atoms with Crippen molar-refractivity contribution in [2.75, 3.05) is 11.5 Å². The van der Waals surface area contributed by atoms with E-state index in [0.29, 0.717) is 0 Å². The van der Waals surface area contributed by atoms with Crippen LogP contribution in [0.15, 0.2) is 0 Å². The average Bonchev–Trinajstić information content (AvgIpc) is 2.67. The van der Waals surface area contributed by atoms with Crippen molar-refractivity contribution >= 4 is 70.1 Å². The van der Waals surface area contributed by atoms with E-state index in [-0.39, 0.29) is 0 Å². The number of rotatable bonds is 8. The summed E-state index contributed by atoms with van der Waals surface area (Å²) in [7, 11) is 0. The van der Waals surface area contributed by atoms with Gasteiger partial charge in [0, 0.05) is 0 Å². The van der Waals surface area contributed by atoms with Crippen LogP contribution in [0.1, 0.15) is 12.8 Å². The molecule has 0 aromatic carbocycles. The molecular weight excluding hydrogens is 421 g/mol. The quantitative estimate of drug-likeness (QED) is 0.323. The van der Waals surface area contributed by atoms with E-state index in [1.807, 2.05) is 0 Å². The first kappa shape index (κ1) is 15.3. The summed E-state index contributed by atoms with van der Waals surface area (Å²) in [4.78, 5) is 2.29. The molecule has 1 saturated heterocycles. The fourth-order valence-corrected chi connectivity index (χ4v) is 12.4. The minimum absolute atomic E-state index is 0.902. The van der Waals surface area contributed by atoms with E-state index in [1.54, 1.807) is 23.5 Å². The van der Waals surface area contributed by atoms with Gasteiger partial charge in [0.1, 0.15) is 0 Å². The summed E-state index contributed by atoms with van der Waals surface area (Å²) < 4.78 is 0.